The molecule has 20 heavy (non-hydrogen) atoms. The molecule has 2 N–H and O–H groups in total. The van der Waals surface area contributed by atoms with Gasteiger partial charge in [-0.15, -0.1) is 0 Å². The fourth-order valence-electron chi connectivity index (χ4n) is 3.49. The summed E-state index contributed by atoms with van der Waals surface area (Å²) in [6.45, 7) is 8.69. The molecule has 112 valence electrons. The third-order valence-electron chi connectivity index (χ3n) is 4.77. The number of aliphatic hydroxyl groups excluding tert-OH is 1. The summed E-state index contributed by atoms with van der Waals surface area (Å²) in [6, 6.07) is 4.97. The van der Waals surface area contributed by atoms with Crippen LogP contribution in [0.15, 0.2) is 18.2 Å². The Morgan fingerprint density at radius 3 is 2.55 bits per heavy atom. The van der Waals surface area contributed by atoms with Crippen LogP contribution in [0.3, 0.4) is 0 Å². The van der Waals surface area contributed by atoms with E-state index in [1.54, 1.807) is 0 Å². The molecule has 1 fully saturated rings. The molecule has 2 rings (SSSR count). The predicted molar refractivity (Wildman–Crippen MR) is 81.4 cm³/mol. The highest BCUT2D eigenvalue weighted by atomic mass is 19.1. The lowest BCUT2D eigenvalue weighted by Crippen LogP contribution is -2.52. The number of aryl methyl sites for hydroxylation is 1. The molecular weight excluding hydrogens is 253 g/mol. The molecule has 0 spiro atoms. The summed E-state index contributed by atoms with van der Waals surface area (Å²) < 4.78 is 13.5. The highest BCUT2D eigenvalue weighted by Gasteiger charge is 2.43. The summed E-state index contributed by atoms with van der Waals surface area (Å²) in [7, 11) is 0. The fourth-order valence-corrected chi connectivity index (χ4v) is 3.49. The van der Waals surface area contributed by atoms with Crippen molar-refractivity contribution in [2.45, 2.75) is 52.5 Å². The third kappa shape index (κ3) is 3.14. The van der Waals surface area contributed by atoms with Gasteiger partial charge in [0.2, 0.25) is 0 Å². The number of anilines is 1. The van der Waals surface area contributed by atoms with E-state index in [9.17, 15) is 9.50 Å². The molecule has 2 nitrogen and oxygen atoms in total. The van der Waals surface area contributed by atoms with Crippen LogP contribution in [-0.4, -0.2) is 17.3 Å². The minimum Gasteiger partial charge on any atom is -0.394 e. The van der Waals surface area contributed by atoms with Crippen molar-refractivity contribution in [1.29, 1.82) is 0 Å². The maximum Gasteiger partial charge on any atom is 0.125 e. The van der Waals surface area contributed by atoms with E-state index in [1.165, 1.54) is 12.1 Å². The lowest BCUT2D eigenvalue weighted by molar-refractivity contribution is 0.0685. The maximum absolute atomic E-state index is 13.5. The topological polar surface area (TPSA) is 32.3 Å². The van der Waals surface area contributed by atoms with Gasteiger partial charge in [0.25, 0.3) is 0 Å². The zero-order chi connectivity index (χ0) is 15.0. The minimum absolute atomic E-state index is 0.0831. The van der Waals surface area contributed by atoms with E-state index in [-0.39, 0.29) is 18.0 Å². The Labute approximate surface area is 121 Å². The molecule has 2 atom stereocenters. The maximum atomic E-state index is 13.5. The van der Waals surface area contributed by atoms with Gasteiger partial charge in [0.1, 0.15) is 5.82 Å². The molecule has 0 aromatic heterocycles. The Hall–Kier alpha value is -1.09. The molecule has 1 aliphatic rings. The molecule has 0 heterocycles. The molecule has 1 saturated carbocycles. The van der Waals surface area contributed by atoms with E-state index in [0.29, 0.717) is 11.3 Å². The number of hydrogen-bond acceptors (Lipinski definition) is 2. The monoisotopic (exact) mass is 279 g/mol. The van der Waals surface area contributed by atoms with E-state index in [4.69, 9.17) is 0 Å². The van der Waals surface area contributed by atoms with Crippen molar-refractivity contribution in [3.05, 3.63) is 29.6 Å². The van der Waals surface area contributed by atoms with Gasteiger partial charge in [-0.05, 0) is 61.3 Å². The summed E-state index contributed by atoms with van der Waals surface area (Å²) in [5, 5.41) is 13.3. The number of aliphatic hydroxyl groups is 1. The SMILES string of the molecule is Cc1cc(F)cc(NC2(CO)CCC(C)(C)CC2C)c1. The van der Waals surface area contributed by atoms with Crippen LogP contribution in [0.2, 0.25) is 0 Å². The van der Waals surface area contributed by atoms with Crippen molar-refractivity contribution < 1.29 is 9.50 Å². The Balaban J connectivity index is 2.24. The minimum atomic E-state index is -0.338. The molecule has 1 aromatic carbocycles. The summed E-state index contributed by atoms with van der Waals surface area (Å²) >= 11 is 0. The van der Waals surface area contributed by atoms with E-state index in [1.807, 2.05) is 13.0 Å². The molecule has 3 heteroatoms. The van der Waals surface area contributed by atoms with Crippen molar-refractivity contribution >= 4 is 5.69 Å². The van der Waals surface area contributed by atoms with Gasteiger partial charge < -0.3 is 10.4 Å². The van der Waals surface area contributed by atoms with Crippen LogP contribution in [0, 0.1) is 24.1 Å². The van der Waals surface area contributed by atoms with E-state index >= 15 is 0 Å². The van der Waals surface area contributed by atoms with Crippen molar-refractivity contribution in [1.82, 2.24) is 0 Å². The molecule has 1 aliphatic carbocycles. The summed E-state index contributed by atoms with van der Waals surface area (Å²) in [5.74, 6) is 0.115. The average Bonchev–Trinajstić information content (AvgIpc) is 2.31. The largest absolute Gasteiger partial charge is 0.394 e. The van der Waals surface area contributed by atoms with E-state index in [2.05, 4.69) is 26.1 Å². The first-order chi connectivity index (χ1) is 9.26. The zero-order valence-corrected chi connectivity index (χ0v) is 13.0. The number of hydrogen-bond donors (Lipinski definition) is 2. The Morgan fingerprint density at radius 2 is 2.00 bits per heavy atom. The predicted octanol–water partition coefficient (Wildman–Crippen LogP) is 4.12. The molecule has 0 aliphatic heterocycles. The molecule has 1 aromatic rings. The lowest BCUT2D eigenvalue weighted by Gasteiger charge is -2.48. The van der Waals surface area contributed by atoms with Crippen LogP contribution in [0.25, 0.3) is 0 Å². The van der Waals surface area contributed by atoms with Gasteiger partial charge in [-0.2, -0.15) is 0 Å². The molecule has 0 saturated heterocycles. The first-order valence-electron chi connectivity index (χ1n) is 7.43. The quantitative estimate of drug-likeness (QED) is 0.872. The van der Waals surface area contributed by atoms with Crippen LogP contribution in [0.1, 0.15) is 45.6 Å². The van der Waals surface area contributed by atoms with Crippen molar-refractivity contribution in [3.63, 3.8) is 0 Å². The Kier molecular flexibility index (Phi) is 4.10. The van der Waals surface area contributed by atoms with Crippen LogP contribution in [0.4, 0.5) is 10.1 Å². The van der Waals surface area contributed by atoms with Crippen LogP contribution in [0.5, 0.6) is 0 Å². The molecule has 0 bridgehead atoms. The van der Waals surface area contributed by atoms with Gasteiger partial charge in [-0.1, -0.05) is 20.8 Å². The molecular formula is C17H26FNO. The first-order valence-corrected chi connectivity index (χ1v) is 7.43. The van der Waals surface area contributed by atoms with Crippen LogP contribution < -0.4 is 5.32 Å². The van der Waals surface area contributed by atoms with Gasteiger partial charge in [-0.3, -0.25) is 0 Å². The number of nitrogens with one attached hydrogen (secondary N) is 1. The summed E-state index contributed by atoms with van der Waals surface area (Å²) in [6.07, 6.45) is 3.04. The van der Waals surface area contributed by atoms with Gasteiger partial charge in [0.15, 0.2) is 0 Å². The average molecular weight is 279 g/mol. The van der Waals surface area contributed by atoms with Gasteiger partial charge in [0, 0.05) is 5.69 Å². The highest BCUT2D eigenvalue weighted by Crippen LogP contribution is 2.45. The standard InChI is InChI=1S/C17H26FNO/c1-12-7-14(18)9-15(8-12)19-17(11-20)6-5-16(3,4)10-13(17)2/h7-9,13,19-20H,5-6,10-11H2,1-4H3. The summed E-state index contributed by atoms with van der Waals surface area (Å²) in [4.78, 5) is 0. The number of benzene rings is 1. The highest BCUT2D eigenvalue weighted by molar-refractivity contribution is 5.48. The van der Waals surface area contributed by atoms with Crippen molar-refractivity contribution in [2.75, 3.05) is 11.9 Å². The zero-order valence-electron chi connectivity index (χ0n) is 13.0. The third-order valence-corrected chi connectivity index (χ3v) is 4.77. The Bertz CT molecular complexity index is 466. The van der Waals surface area contributed by atoms with Crippen LogP contribution >= 0.6 is 0 Å². The second-order valence-corrected chi connectivity index (χ2v) is 7.23. The van der Waals surface area contributed by atoms with E-state index in [0.717, 1.165) is 30.5 Å². The number of halogens is 1. The second-order valence-electron chi connectivity index (χ2n) is 7.23. The first kappa shape index (κ1) is 15.3. The molecule has 2 unspecified atom stereocenters. The number of rotatable bonds is 3. The van der Waals surface area contributed by atoms with Gasteiger partial charge >= 0.3 is 0 Å². The molecule has 0 amide bonds. The smallest absolute Gasteiger partial charge is 0.125 e. The Morgan fingerprint density at radius 1 is 1.30 bits per heavy atom. The van der Waals surface area contributed by atoms with Crippen molar-refractivity contribution in [3.8, 4) is 0 Å². The van der Waals surface area contributed by atoms with Gasteiger partial charge in [0.05, 0.1) is 12.1 Å². The van der Waals surface area contributed by atoms with Gasteiger partial charge in [-0.25, -0.2) is 4.39 Å². The molecule has 0 radical (unpaired) electrons. The van der Waals surface area contributed by atoms with E-state index < -0.39 is 0 Å². The second kappa shape index (κ2) is 5.36. The van der Waals surface area contributed by atoms with Crippen molar-refractivity contribution in [2.24, 2.45) is 11.3 Å². The normalized spacial score (nSPS) is 29.2. The summed E-state index contributed by atoms with van der Waals surface area (Å²) in [5.41, 5.74) is 1.64. The lowest BCUT2D eigenvalue weighted by atomic mass is 9.64. The van der Waals surface area contributed by atoms with Crippen LogP contribution in [-0.2, 0) is 0 Å². The fraction of sp³-hybridized carbons (Fsp3) is 0.647.